The van der Waals surface area contributed by atoms with Crippen LogP contribution in [0.15, 0.2) is 109 Å². The van der Waals surface area contributed by atoms with Crippen molar-refractivity contribution in [2.45, 2.75) is 0 Å². The fourth-order valence-corrected chi connectivity index (χ4v) is 2.21. The smallest absolute Gasteiger partial charge is 0.150 e. The number of halogens is 1. The van der Waals surface area contributed by atoms with E-state index in [4.69, 9.17) is 9.84 Å². The largest absolute Gasteiger partial charge is 0.508 e. The number of carbonyl (C=O) groups excluding carboxylic acids is 2. The quantitative estimate of drug-likeness (QED) is 0.395. The van der Waals surface area contributed by atoms with Gasteiger partial charge in [0.25, 0.3) is 0 Å². The van der Waals surface area contributed by atoms with Crippen LogP contribution in [-0.4, -0.2) is 17.7 Å². The lowest BCUT2D eigenvalue weighted by Crippen LogP contribution is -1.84. The summed E-state index contributed by atoms with van der Waals surface area (Å²) < 4.78 is 17.7. The third kappa shape index (κ3) is 9.19. The molecule has 0 radical (unpaired) electrons. The summed E-state index contributed by atoms with van der Waals surface area (Å²) in [4.78, 5) is 20.4. The summed E-state index contributed by atoms with van der Waals surface area (Å²) in [5.41, 5.74) is 1.15. The van der Waals surface area contributed by atoms with E-state index in [1.807, 2.05) is 36.4 Å². The summed E-state index contributed by atoms with van der Waals surface area (Å²) in [7, 11) is 0. The molecule has 4 aromatic rings. The fraction of sp³-hybridized carbons (Fsp3) is 0. The van der Waals surface area contributed by atoms with Crippen molar-refractivity contribution >= 4 is 12.6 Å². The van der Waals surface area contributed by atoms with E-state index < -0.39 is 0 Å². The van der Waals surface area contributed by atoms with E-state index in [9.17, 15) is 14.0 Å². The highest BCUT2D eigenvalue weighted by Gasteiger charge is 1.96. The van der Waals surface area contributed by atoms with Crippen LogP contribution in [0.4, 0.5) is 4.39 Å². The number of benzene rings is 4. The highest BCUT2D eigenvalue weighted by atomic mass is 19.1. The molecule has 0 bridgehead atoms. The van der Waals surface area contributed by atoms with Gasteiger partial charge in [0.05, 0.1) is 0 Å². The third-order valence-electron chi connectivity index (χ3n) is 3.76. The van der Waals surface area contributed by atoms with Crippen LogP contribution in [0.1, 0.15) is 20.7 Å². The van der Waals surface area contributed by atoms with Gasteiger partial charge in [-0.05, 0) is 72.8 Å². The lowest BCUT2D eigenvalue weighted by atomic mass is 10.2. The molecule has 0 amide bonds. The number of hydrogen-bond donors (Lipinski definition) is 1. The highest BCUT2D eigenvalue weighted by molar-refractivity contribution is 5.75. The minimum absolute atomic E-state index is 0.319. The van der Waals surface area contributed by atoms with Gasteiger partial charge in [-0.15, -0.1) is 0 Å². The average Bonchev–Trinajstić information content (AvgIpc) is 2.82. The minimum atomic E-state index is -0.319. The van der Waals surface area contributed by atoms with Gasteiger partial charge < -0.3 is 9.84 Å². The standard InChI is InChI=1S/C13H10O2.C7H5FO.C6H6O/c14-10-11-6-8-13(9-7-11)15-12-4-2-1-3-5-12;8-7-3-1-6(5-9)2-4-7;7-6-4-2-1-3-5-6/h1-10H;1-5H;1-5,7H. The summed E-state index contributed by atoms with van der Waals surface area (Å²) in [5, 5.41) is 8.63. The first kappa shape index (κ1) is 23.0. The maximum Gasteiger partial charge on any atom is 0.150 e. The van der Waals surface area contributed by atoms with E-state index in [0.29, 0.717) is 23.2 Å². The second-order valence-corrected chi connectivity index (χ2v) is 6.11. The van der Waals surface area contributed by atoms with Gasteiger partial charge in [0.15, 0.2) is 0 Å². The first-order valence-electron chi connectivity index (χ1n) is 9.33. The molecule has 0 heterocycles. The van der Waals surface area contributed by atoms with Crippen molar-refractivity contribution in [3.05, 3.63) is 126 Å². The number of hydrogen-bond acceptors (Lipinski definition) is 4. The van der Waals surface area contributed by atoms with Crippen LogP contribution in [0.3, 0.4) is 0 Å². The van der Waals surface area contributed by atoms with Gasteiger partial charge in [-0.1, -0.05) is 36.4 Å². The summed E-state index contributed by atoms with van der Waals surface area (Å²) >= 11 is 0. The molecular formula is C26H21FO4. The Hall–Kier alpha value is -4.25. The fourth-order valence-electron chi connectivity index (χ4n) is 2.21. The monoisotopic (exact) mass is 416 g/mol. The molecule has 0 spiro atoms. The van der Waals surface area contributed by atoms with Crippen molar-refractivity contribution < 1.29 is 23.8 Å². The van der Waals surface area contributed by atoms with Crippen LogP contribution in [0.25, 0.3) is 0 Å². The Labute approximate surface area is 180 Å². The number of phenolic OH excluding ortho intramolecular Hbond substituents is 1. The molecule has 1 N–H and O–H groups in total. The Bertz CT molecular complexity index is 1030. The Morgan fingerprint density at radius 1 is 0.581 bits per heavy atom. The Balaban J connectivity index is 0.000000181. The highest BCUT2D eigenvalue weighted by Crippen LogP contribution is 2.20. The van der Waals surface area contributed by atoms with Gasteiger partial charge in [0, 0.05) is 11.1 Å². The minimum Gasteiger partial charge on any atom is -0.508 e. The molecule has 4 rings (SSSR count). The van der Waals surface area contributed by atoms with Crippen molar-refractivity contribution in [3.63, 3.8) is 0 Å². The lowest BCUT2D eigenvalue weighted by molar-refractivity contribution is 0.111. The van der Waals surface area contributed by atoms with E-state index in [2.05, 4.69) is 0 Å². The Kier molecular flexibility index (Phi) is 9.71. The first-order chi connectivity index (χ1) is 15.1. The average molecular weight is 416 g/mol. The van der Waals surface area contributed by atoms with Gasteiger partial charge in [-0.25, -0.2) is 4.39 Å². The van der Waals surface area contributed by atoms with E-state index in [1.54, 1.807) is 48.5 Å². The van der Waals surface area contributed by atoms with Crippen molar-refractivity contribution in [1.82, 2.24) is 0 Å². The molecule has 156 valence electrons. The molecule has 0 fully saturated rings. The zero-order chi connectivity index (χ0) is 22.3. The Morgan fingerprint density at radius 3 is 1.42 bits per heavy atom. The van der Waals surface area contributed by atoms with E-state index in [1.165, 1.54) is 24.3 Å². The summed E-state index contributed by atoms with van der Waals surface area (Å²) in [5.74, 6) is 1.52. The SMILES string of the molecule is O=Cc1ccc(F)cc1.O=Cc1ccc(Oc2ccccc2)cc1.Oc1ccccc1. The maximum atomic E-state index is 12.1. The molecule has 5 heteroatoms. The second-order valence-electron chi connectivity index (χ2n) is 6.11. The molecule has 4 aromatic carbocycles. The maximum absolute atomic E-state index is 12.1. The van der Waals surface area contributed by atoms with Gasteiger partial charge in [0.1, 0.15) is 35.6 Å². The Morgan fingerprint density at radius 2 is 1.00 bits per heavy atom. The molecule has 0 unspecified atom stereocenters. The number of aldehydes is 2. The van der Waals surface area contributed by atoms with Crippen LogP contribution < -0.4 is 4.74 Å². The molecule has 0 aliphatic rings. The third-order valence-corrected chi connectivity index (χ3v) is 3.76. The molecule has 0 aliphatic heterocycles. The molecule has 4 nitrogen and oxygen atoms in total. The van der Waals surface area contributed by atoms with E-state index in [0.717, 1.165) is 17.8 Å². The number of carbonyl (C=O) groups is 2. The number of ether oxygens (including phenoxy) is 1. The van der Waals surface area contributed by atoms with E-state index in [-0.39, 0.29) is 5.82 Å². The van der Waals surface area contributed by atoms with Gasteiger partial charge in [-0.2, -0.15) is 0 Å². The number of para-hydroxylation sites is 2. The normalized spacial score (nSPS) is 9.19. The second kappa shape index (κ2) is 13.1. The number of rotatable bonds is 4. The zero-order valence-electron chi connectivity index (χ0n) is 16.6. The van der Waals surface area contributed by atoms with Crippen LogP contribution in [0.5, 0.6) is 17.2 Å². The molecule has 31 heavy (non-hydrogen) atoms. The zero-order valence-corrected chi connectivity index (χ0v) is 16.6. The van der Waals surface area contributed by atoms with Crippen molar-refractivity contribution in [3.8, 4) is 17.2 Å². The van der Waals surface area contributed by atoms with Crippen molar-refractivity contribution in [2.24, 2.45) is 0 Å². The molecule has 0 atom stereocenters. The van der Waals surface area contributed by atoms with Gasteiger partial charge >= 0.3 is 0 Å². The van der Waals surface area contributed by atoms with Gasteiger partial charge in [-0.3, -0.25) is 9.59 Å². The summed E-state index contributed by atoms with van der Waals surface area (Å²) in [6, 6.07) is 30.6. The number of aromatic hydroxyl groups is 1. The topological polar surface area (TPSA) is 63.6 Å². The molecule has 0 aliphatic carbocycles. The lowest BCUT2D eigenvalue weighted by Gasteiger charge is -2.04. The molecule has 0 aromatic heterocycles. The van der Waals surface area contributed by atoms with Gasteiger partial charge in [0.2, 0.25) is 0 Å². The molecular weight excluding hydrogens is 395 g/mol. The van der Waals surface area contributed by atoms with Crippen molar-refractivity contribution in [1.29, 1.82) is 0 Å². The predicted molar refractivity (Wildman–Crippen MR) is 118 cm³/mol. The van der Waals surface area contributed by atoms with Crippen molar-refractivity contribution in [2.75, 3.05) is 0 Å². The van der Waals surface area contributed by atoms with Crippen LogP contribution in [0.2, 0.25) is 0 Å². The van der Waals surface area contributed by atoms with Crippen LogP contribution in [-0.2, 0) is 0 Å². The van der Waals surface area contributed by atoms with Crippen LogP contribution >= 0.6 is 0 Å². The molecule has 0 saturated carbocycles. The first-order valence-corrected chi connectivity index (χ1v) is 9.33. The predicted octanol–water partition coefficient (Wildman–Crippen LogP) is 6.32. The number of phenols is 1. The summed E-state index contributed by atoms with van der Waals surface area (Å²) in [6.07, 6.45) is 1.49. The van der Waals surface area contributed by atoms with E-state index >= 15 is 0 Å². The summed E-state index contributed by atoms with van der Waals surface area (Å²) in [6.45, 7) is 0. The van der Waals surface area contributed by atoms with Crippen LogP contribution in [0, 0.1) is 5.82 Å². The molecule has 0 saturated heterocycles.